The van der Waals surface area contributed by atoms with E-state index in [0.29, 0.717) is 27.0 Å². The molecule has 2 N–H and O–H groups in total. The van der Waals surface area contributed by atoms with Crippen LogP contribution in [-0.2, 0) is 11.0 Å². The summed E-state index contributed by atoms with van der Waals surface area (Å²) in [5.41, 5.74) is 1.64. The molecule has 0 spiro atoms. The average molecular weight is 372 g/mol. The fraction of sp³-hybridized carbons (Fsp3) is 0. The van der Waals surface area contributed by atoms with Gasteiger partial charge in [0.2, 0.25) is 0 Å². The largest absolute Gasteiger partial charge is 0.321 e. The summed E-state index contributed by atoms with van der Waals surface area (Å²) in [6, 6.07) is 18.8. The van der Waals surface area contributed by atoms with Gasteiger partial charge in [0.1, 0.15) is 16.7 Å². The molecule has 1 amide bonds. The van der Waals surface area contributed by atoms with Gasteiger partial charge >= 0.3 is 0 Å². The second-order valence-electron chi connectivity index (χ2n) is 5.07. The number of nitrogens with one attached hydrogen (secondary N) is 2. The number of benzene rings is 2. The maximum atomic E-state index is 12.3. The summed E-state index contributed by atoms with van der Waals surface area (Å²) in [5, 5.41) is 3.36. The zero-order valence-corrected chi connectivity index (χ0v) is 14.6. The molecule has 2 aromatic carbocycles. The third-order valence-electron chi connectivity index (χ3n) is 3.28. The molecule has 0 saturated carbocycles. The molecule has 0 bridgehead atoms. The molecule has 3 aromatic rings. The van der Waals surface area contributed by atoms with Crippen molar-refractivity contribution in [1.82, 2.24) is 4.98 Å². The van der Waals surface area contributed by atoms with Crippen LogP contribution in [-0.4, -0.2) is 15.1 Å². The van der Waals surface area contributed by atoms with E-state index in [-0.39, 0.29) is 5.91 Å². The molecule has 0 aliphatic carbocycles. The van der Waals surface area contributed by atoms with Gasteiger partial charge in [-0.05, 0) is 60.7 Å². The lowest BCUT2D eigenvalue weighted by molar-refractivity contribution is 0.102. The number of hydrogen-bond acceptors (Lipinski definition) is 3. The lowest BCUT2D eigenvalue weighted by Gasteiger charge is -2.08. The van der Waals surface area contributed by atoms with Gasteiger partial charge < -0.3 is 10.0 Å². The molecule has 0 aliphatic rings. The van der Waals surface area contributed by atoms with E-state index in [9.17, 15) is 9.00 Å². The number of aromatic nitrogens is 1. The highest BCUT2D eigenvalue weighted by Gasteiger charge is 2.08. The Hall–Kier alpha value is -2.70. The van der Waals surface area contributed by atoms with Crippen LogP contribution in [0.3, 0.4) is 0 Å². The van der Waals surface area contributed by atoms with Crippen molar-refractivity contribution >= 4 is 39.9 Å². The van der Waals surface area contributed by atoms with Gasteiger partial charge in [-0.3, -0.25) is 9.78 Å². The Morgan fingerprint density at radius 1 is 0.920 bits per heavy atom. The van der Waals surface area contributed by atoms with Gasteiger partial charge in [0.15, 0.2) is 0 Å². The summed E-state index contributed by atoms with van der Waals surface area (Å²) >= 11 is 5.83. The van der Waals surface area contributed by atoms with Gasteiger partial charge in [0.05, 0.1) is 4.90 Å². The Bertz CT molecular complexity index is 884. The van der Waals surface area contributed by atoms with Crippen LogP contribution < -0.4 is 10.0 Å². The van der Waals surface area contributed by atoms with Crippen LogP contribution in [0.15, 0.2) is 77.8 Å². The highest BCUT2D eigenvalue weighted by molar-refractivity contribution is 7.86. The zero-order valence-electron chi connectivity index (χ0n) is 13.0. The first-order chi connectivity index (χ1) is 12.1. The second-order valence-corrected chi connectivity index (χ2v) is 6.72. The molecule has 25 heavy (non-hydrogen) atoms. The predicted octanol–water partition coefficient (Wildman–Crippen LogP) is 4.12. The first-order valence-corrected chi connectivity index (χ1v) is 8.91. The maximum absolute atomic E-state index is 12.3. The van der Waals surface area contributed by atoms with Crippen LogP contribution in [0.25, 0.3) is 0 Å². The Balaban J connectivity index is 1.64. The van der Waals surface area contributed by atoms with E-state index >= 15 is 0 Å². The highest BCUT2D eigenvalue weighted by Crippen LogP contribution is 2.18. The summed E-state index contributed by atoms with van der Waals surface area (Å²) in [6.45, 7) is 0. The first kappa shape index (κ1) is 17.1. The van der Waals surface area contributed by atoms with E-state index in [1.54, 1.807) is 72.9 Å². The Morgan fingerprint density at radius 2 is 1.60 bits per heavy atom. The number of halogens is 1. The number of hydrogen-bond donors (Lipinski definition) is 2. The predicted molar refractivity (Wildman–Crippen MR) is 100 cm³/mol. The van der Waals surface area contributed by atoms with Crippen molar-refractivity contribution in [3.63, 3.8) is 0 Å². The Labute approximate surface area is 152 Å². The molecule has 1 atom stereocenters. The van der Waals surface area contributed by atoms with E-state index in [1.807, 2.05) is 0 Å². The summed E-state index contributed by atoms with van der Waals surface area (Å²) in [6.07, 6.45) is 1.56. The lowest BCUT2D eigenvalue weighted by Crippen LogP contribution is -2.13. The van der Waals surface area contributed by atoms with E-state index in [1.165, 1.54) is 0 Å². The van der Waals surface area contributed by atoms with Crippen LogP contribution in [0, 0.1) is 0 Å². The van der Waals surface area contributed by atoms with E-state index in [0.717, 1.165) is 0 Å². The second kappa shape index (κ2) is 7.92. The van der Waals surface area contributed by atoms with Crippen LogP contribution in [0.1, 0.15) is 10.5 Å². The van der Waals surface area contributed by atoms with Crippen molar-refractivity contribution in [3.05, 3.63) is 83.6 Å². The monoisotopic (exact) mass is 371 g/mol. The molecule has 0 fully saturated rings. The van der Waals surface area contributed by atoms with E-state index in [4.69, 9.17) is 11.6 Å². The van der Waals surface area contributed by atoms with Crippen molar-refractivity contribution in [2.45, 2.75) is 4.90 Å². The van der Waals surface area contributed by atoms with Crippen LogP contribution >= 0.6 is 11.6 Å². The first-order valence-electron chi connectivity index (χ1n) is 7.38. The maximum Gasteiger partial charge on any atom is 0.274 e. The highest BCUT2D eigenvalue weighted by atomic mass is 35.5. The summed E-state index contributed by atoms with van der Waals surface area (Å²) in [7, 11) is -1.42. The minimum Gasteiger partial charge on any atom is -0.321 e. The van der Waals surface area contributed by atoms with Gasteiger partial charge in [0.25, 0.3) is 5.91 Å². The number of rotatable bonds is 5. The van der Waals surface area contributed by atoms with Crippen LogP contribution in [0.2, 0.25) is 5.02 Å². The van der Waals surface area contributed by atoms with E-state index in [2.05, 4.69) is 15.0 Å². The van der Waals surface area contributed by atoms with Crippen molar-refractivity contribution in [3.8, 4) is 0 Å². The molecule has 3 rings (SSSR count). The molecule has 7 heteroatoms. The van der Waals surface area contributed by atoms with Crippen molar-refractivity contribution < 1.29 is 9.00 Å². The van der Waals surface area contributed by atoms with Crippen molar-refractivity contribution in [2.24, 2.45) is 0 Å². The van der Waals surface area contributed by atoms with Crippen molar-refractivity contribution in [1.29, 1.82) is 0 Å². The van der Waals surface area contributed by atoms with Gasteiger partial charge in [-0.15, -0.1) is 0 Å². The SMILES string of the molecule is O=C(Nc1ccc(S(=O)Nc2ccc(Cl)cc2)cc1)c1ccccn1. The fourth-order valence-corrected chi connectivity index (χ4v) is 3.02. The molecular weight excluding hydrogens is 358 g/mol. The van der Waals surface area contributed by atoms with Crippen molar-refractivity contribution in [2.75, 3.05) is 10.0 Å². The standard InChI is InChI=1S/C18H14ClN3O2S/c19-13-4-6-15(7-5-13)22-25(24)16-10-8-14(9-11-16)21-18(23)17-3-1-2-12-20-17/h1-12,22H,(H,21,23). The third kappa shape index (κ3) is 4.65. The van der Waals surface area contributed by atoms with E-state index < -0.39 is 11.0 Å². The van der Waals surface area contributed by atoms with Gasteiger partial charge in [-0.25, -0.2) is 4.21 Å². The number of nitrogens with zero attached hydrogens (tertiary/aromatic N) is 1. The minimum absolute atomic E-state index is 0.297. The fourth-order valence-electron chi connectivity index (χ4n) is 2.04. The molecule has 1 aromatic heterocycles. The van der Waals surface area contributed by atoms with Gasteiger partial charge in [0, 0.05) is 22.6 Å². The van der Waals surface area contributed by atoms with Crippen LogP contribution in [0.5, 0.6) is 0 Å². The third-order valence-corrected chi connectivity index (χ3v) is 4.65. The number of amides is 1. The van der Waals surface area contributed by atoms with Crippen LogP contribution in [0.4, 0.5) is 11.4 Å². The summed E-state index contributed by atoms with van der Waals surface area (Å²) in [5.74, 6) is -0.297. The molecule has 5 nitrogen and oxygen atoms in total. The normalized spacial score (nSPS) is 11.6. The number of anilines is 2. The quantitative estimate of drug-likeness (QED) is 0.708. The Morgan fingerprint density at radius 3 is 2.24 bits per heavy atom. The number of carbonyl (C=O) groups excluding carboxylic acids is 1. The Kier molecular flexibility index (Phi) is 5.42. The van der Waals surface area contributed by atoms with Gasteiger partial charge in [-0.2, -0.15) is 0 Å². The number of pyridine rings is 1. The summed E-state index contributed by atoms with van der Waals surface area (Å²) < 4.78 is 15.2. The molecule has 0 radical (unpaired) electrons. The smallest absolute Gasteiger partial charge is 0.274 e. The molecular formula is C18H14ClN3O2S. The molecule has 0 saturated heterocycles. The molecule has 126 valence electrons. The van der Waals surface area contributed by atoms with Gasteiger partial charge in [-0.1, -0.05) is 17.7 Å². The number of carbonyl (C=O) groups is 1. The molecule has 1 heterocycles. The molecule has 0 aliphatic heterocycles. The lowest BCUT2D eigenvalue weighted by atomic mass is 10.3. The average Bonchev–Trinajstić information content (AvgIpc) is 2.65. The minimum atomic E-state index is -1.42. The summed E-state index contributed by atoms with van der Waals surface area (Å²) in [4.78, 5) is 16.6. The topological polar surface area (TPSA) is 71.1 Å². The molecule has 1 unspecified atom stereocenters. The zero-order chi connectivity index (χ0) is 17.6.